The van der Waals surface area contributed by atoms with Gasteiger partial charge in [0.2, 0.25) is 8.87 Å². The van der Waals surface area contributed by atoms with Gasteiger partial charge in [-0.1, -0.05) is 181 Å². The molecule has 0 spiro atoms. The van der Waals surface area contributed by atoms with Gasteiger partial charge in [0.15, 0.2) is 0 Å². The molecule has 0 unspecified atom stereocenters. The molecule has 36 heavy (non-hydrogen) atoms. The quantitative estimate of drug-likeness (QED) is 0.0640. The van der Waals surface area contributed by atoms with Crippen LogP contribution < -0.4 is 0 Å². The smallest absolute Gasteiger partial charge is 0.201 e. The molecule has 0 amide bonds. The molecular weight excluding hydrogens is 480 g/mol. The van der Waals surface area contributed by atoms with E-state index in [9.17, 15) is 8.42 Å². The minimum absolute atomic E-state index is 0.383. The SMILES string of the molecule is CCCCCCCCCCCCCCCCSS(=O)(=O)CCCCCCCCCCCCCCCC. The van der Waals surface area contributed by atoms with E-state index in [0.717, 1.165) is 25.0 Å². The molecule has 0 aromatic heterocycles. The highest BCUT2D eigenvalue weighted by Gasteiger charge is 2.10. The summed E-state index contributed by atoms with van der Waals surface area (Å²) in [6.07, 6.45) is 37.2. The molecule has 0 N–H and O–H groups in total. The average Bonchev–Trinajstić information content (AvgIpc) is 2.86. The van der Waals surface area contributed by atoms with Crippen molar-refractivity contribution in [3.63, 3.8) is 0 Å². The van der Waals surface area contributed by atoms with Crippen LogP contribution in [-0.2, 0) is 8.87 Å². The van der Waals surface area contributed by atoms with Crippen molar-refractivity contribution < 1.29 is 8.42 Å². The summed E-state index contributed by atoms with van der Waals surface area (Å²) in [5.41, 5.74) is 0. The van der Waals surface area contributed by atoms with Crippen molar-refractivity contribution in [3.05, 3.63) is 0 Å². The molecule has 0 aliphatic carbocycles. The Labute approximate surface area is 232 Å². The highest BCUT2D eigenvalue weighted by Crippen LogP contribution is 2.20. The summed E-state index contributed by atoms with van der Waals surface area (Å²) in [6.45, 7) is 4.56. The van der Waals surface area contributed by atoms with Crippen LogP contribution in [0.1, 0.15) is 194 Å². The van der Waals surface area contributed by atoms with E-state index < -0.39 is 8.87 Å². The number of hydrogen-bond donors (Lipinski definition) is 0. The first-order valence-electron chi connectivity index (χ1n) is 16.5. The van der Waals surface area contributed by atoms with Crippen molar-refractivity contribution in [1.29, 1.82) is 0 Å². The summed E-state index contributed by atoms with van der Waals surface area (Å²) >= 11 is 0. The van der Waals surface area contributed by atoms with Crippen LogP contribution in [0.2, 0.25) is 0 Å². The molecule has 0 radical (unpaired) electrons. The summed E-state index contributed by atoms with van der Waals surface area (Å²) in [6, 6.07) is 0. The lowest BCUT2D eigenvalue weighted by Gasteiger charge is -2.05. The van der Waals surface area contributed by atoms with Crippen molar-refractivity contribution in [2.75, 3.05) is 11.5 Å². The van der Waals surface area contributed by atoms with Crippen molar-refractivity contribution in [2.45, 2.75) is 194 Å². The minimum Gasteiger partial charge on any atom is -0.217 e. The molecule has 218 valence electrons. The summed E-state index contributed by atoms with van der Waals surface area (Å²) in [5, 5.41) is 0. The molecule has 0 saturated heterocycles. The predicted octanol–water partition coefficient (Wildman–Crippen LogP) is 12.0. The molecule has 0 rings (SSSR count). The third-order valence-electron chi connectivity index (χ3n) is 7.51. The third-order valence-corrected chi connectivity index (χ3v) is 11.2. The third kappa shape index (κ3) is 30.5. The van der Waals surface area contributed by atoms with Crippen molar-refractivity contribution in [1.82, 2.24) is 0 Å². The standard InChI is InChI=1S/C32H66O2S2/c1-3-5-7-9-11-13-15-17-19-21-23-25-27-29-31-35-36(33,34)32-30-28-26-24-22-20-18-16-14-12-10-8-6-4-2/h3-32H2,1-2H3. The summed E-state index contributed by atoms with van der Waals surface area (Å²) < 4.78 is 24.5. The van der Waals surface area contributed by atoms with Crippen LogP contribution in [-0.4, -0.2) is 19.9 Å². The lowest BCUT2D eigenvalue weighted by Crippen LogP contribution is -2.02. The molecule has 0 saturated carbocycles. The Morgan fingerprint density at radius 2 is 0.611 bits per heavy atom. The highest BCUT2D eigenvalue weighted by molar-refractivity contribution is 8.72. The molecular formula is C32H66O2S2. The maximum atomic E-state index is 12.2. The number of hydrogen-bond acceptors (Lipinski definition) is 3. The van der Waals surface area contributed by atoms with Gasteiger partial charge in [-0.3, -0.25) is 0 Å². The highest BCUT2D eigenvalue weighted by atomic mass is 33.1. The summed E-state index contributed by atoms with van der Waals surface area (Å²) in [7, 11) is -1.68. The van der Waals surface area contributed by atoms with Crippen molar-refractivity contribution in [3.8, 4) is 0 Å². The molecule has 4 heteroatoms. The zero-order valence-corrected chi connectivity index (χ0v) is 26.5. The Kier molecular flexibility index (Phi) is 30.1. The van der Waals surface area contributed by atoms with E-state index in [1.165, 1.54) is 171 Å². The van der Waals surface area contributed by atoms with Gasteiger partial charge < -0.3 is 0 Å². The van der Waals surface area contributed by atoms with Gasteiger partial charge >= 0.3 is 0 Å². The van der Waals surface area contributed by atoms with E-state index in [-0.39, 0.29) is 0 Å². The van der Waals surface area contributed by atoms with Gasteiger partial charge in [-0.05, 0) is 23.6 Å². The monoisotopic (exact) mass is 546 g/mol. The maximum absolute atomic E-state index is 12.2. The summed E-state index contributed by atoms with van der Waals surface area (Å²) in [4.78, 5) is 0. The Hall–Kier alpha value is 0.300. The van der Waals surface area contributed by atoms with Crippen LogP contribution in [0.3, 0.4) is 0 Å². The van der Waals surface area contributed by atoms with E-state index >= 15 is 0 Å². The van der Waals surface area contributed by atoms with Crippen LogP contribution in [0.25, 0.3) is 0 Å². The summed E-state index contributed by atoms with van der Waals surface area (Å²) in [5.74, 6) is 1.17. The number of rotatable bonds is 31. The zero-order chi connectivity index (χ0) is 26.4. The topological polar surface area (TPSA) is 34.1 Å². The van der Waals surface area contributed by atoms with E-state index in [0.29, 0.717) is 5.75 Å². The fraction of sp³-hybridized carbons (Fsp3) is 1.00. The molecule has 0 fully saturated rings. The molecule has 0 aromatic carbocycles. The van der Waals surface area contributed by atoms with E-state index in [1.54, 1.807) is 0 Å². The fourth-order valence-corrected chi connectivity index (χ4v) is 8.09. The van der Waals surface area contributed by atoms with Gasteiger partial charge in [0.1, 0.15) is 0 Å². The molecule has 0 atom stereocenters. The second-order valence-electron chi connectivity index (χ2n) is 11.3. The number of unbranched alkanes of at least 4 members (excludes halogenated alkanes) is 26. The van der Waals surface area contributed by atoms with Crippen LogP contribution >= 0.6 is 10.8 Å². The average molecular weight is 547 g/mol. The first-order valence-corrected chi connectivity index (χ1v) is 19.6. The van der Waals surface area contributed by atoms with Gasteiger partial charge in [0.05, 0.1) is 5.75 Å². The van der Waals surface area contributed by atoms with Gasteiger partial charge in [-0.25, -0.2) is 8.42 Å². The van der Waals surface area contributed by atoms with Crippen molar-refractivity contribution >= 4 is 19.7 Å². The van der Waals surface area contributed by atoms with Gasteiger partial charge in [-0.2, -0.15) is 0 Å². The minimum atomic E-state index is -2.90. The first kappa shape index (κ1) is 36.3. The van der Waals surface area contributed by atoms with Gasteiger partial charge in [0.25, 0.3) is 0 Å². The largest absolute Gasteiger partial charge is 0.217 e. The lowest BCUT2D eigenvalue weighted by atomic mass is 10.0. The Morgan fingerprint density at radius 3 is 0.917 bits per heavy atom. The van der Waals surface area contributed by atoms with Gasteiger partial charge in [0, 0.05) is 5.75 Å². The molecule has 0 aromatic rings. The molecule has 0 bridgehead atoms. The molecule has 0 aliphatic heterocycles. The van der Waals surface area contributed by atoms with Crippen molar-refractivity contribution in [2.24, 2.45) is 0 Å². The fourth-order valence-electron chi connectivity index (χ4n) is 5.01. The van der Waals surface area contributed by atoms with Crippen LogP contribution in [0.5, 0.6) is 0 Å². The van der Waals surface area contributed by atoms with E-state index in [1.807, 2.05) is 0 Å². The van der Waals surface area contributed by atoms with Crippen LogP contribution in [0.15, 0.2) is 0 Å². The second kappa shape index (κ2) is 29.9. The molecule has 0 heterocycles. The second-order valence-corrected chi connectivity index (χ2v) is 15.7. The van der Waals surface area contributed by atoms with E-state index in [4.69, 9.17) is 0 Å². The van der Waals surface area contributed by atoms with Crippen LogP contribution in [0.4, 0.5) is 0 Å². The maximum Gasteiger partial charge on any atom is 0.201 e. The predicted molar refractivity (Wildman–Crippen MR) is 167 cm³/mol. The van der Waals surface area contributed by atoms with E-state index in [2.05, 4.69) is 13.8 Å². The van der Waals surface area contributed by atoms with Gasteiger partial charge in [-0.15, -0.1) is 0 Å². The lowest BCUT2D eigenvalue weighted by molar-refractivity contribution is 0.537. The molecule has 2 nitrogen and oxygen atoms in total. The normalized spacial score (nSPS) is 11.9. The first-order chi connectivity index (χ1) is 17.6. The Balaban J connectivity index is 3.29. The molecule has 0 aliphatic rings. The zero-order valence-electron chi connectivity index (χ0n) is 24.8. The Bertz CT molecular complexity index is 504. The Morgan fingerprint density at radius 1 is 0.361 bits per heavy atom. The van der Waals surface area contributed by atoms with Crippen LogP contribution in [0, 0.1) is 0 Å².